The van der Waals surface area contributed by atoms with Crippen molar-refractivity contribution < 1.29 is 0 Å². The molecule has 114 valence electrons. The molecular formula is C19H33N. The van der Waals surface area contributed by atoms with E-state index in [0.29, 0.717) is 6.04 Å². The van der Waals surface area contributed by atoms with E-state index in [4.69, 9.17) is 0 Å². The molecule has 0 aromatic heterocycles. The van der Waals surface area contributed by atoms with E-state index in [-0.39, 0.29) is 0 Å². The molecule has 0 aliphatic heterocycles. The average Bonchev–Trinajstić information content (AvgIpc) is 2.40. The molecule has 0 bridgehead atoms. The Kier molecular flexibility index (Phi) is 6.26. The van der Waals surface area contributed by atoms with Gasteiger partial charge in [-0.15, -0.1) is 0 Å². The van der Waals surface area contributed by atoms with Crippen molar-refractivity contribution in [2.75, 3.05) is 6.54 Å². The molecule has 1 nitrogen and oxygen atoms in total. The van der Waals surface area contributed by atoms with Crippen LogP contribution in [0.3, 0.4) is 0 Å². The molecule has 0 aliphatic rings. The Balaban J connectivity index is 3.25. The van der Waals surface area contributed by atoms with Gasteiger partial charge in [0.1, 0.15) is 0 Å². The van der Waals surface area contributed by atoms with E-state index in [1.54, 1.807) is 5.56 Å². The summed E-state index contributed by atoms with van der Waals surface area (Å²) in [5.74, 6) is 0.768. The van der Waals surface area contributed by atoms with Gasteiger partial charge in [-0.1, -0.05) is 20.8 Å². The second-order valence-corrected chi connectivity index (χ2v) is 6.62. The van der Waals surface area contributed by atoms with Crippen LogP contribution >= 0.6 is 0 Å². The van der Waals surface area contributed by atoms with E-state index in [9.17, 15) is 0 Å². The lowest BCUT2D eigenvalue weighted by Gasteiger charge is -2.27. The van der Waals surface area contributed by atoms with Gasteiger partial charge < -0.3 is 5.32 Å². The summed E-state index contributed by atoms with van der Waals surface area (Å²) in [7, 11) is 0. The Labute approximate surface area is 126 Å². The summed E-state index contributed by atoms with van der Waals surface area (Å²) in [6.07, 6.45) is 2.51. The van der Waals surface area contributed by atoms with Gasteiger partial charge in [0.15, 0.2) is 0 Å². The van der Waals surface area contributed by atoms with Crippen molar-refractivity contribution in [3.63, 3.8) is 0 Å². The highest BCUT2D eigenvalue weighted by Gasteiger charge is 2.19. The zero-order valence-corrected chi connectivity index (χ0v) is 14.8. The summed E-state index contributed by atoms with van der Waals surface area (Å²) in [5, 5.41) is 3.71. The van der Waals surface area contributed by atoms with Crippen molar-refractivity contribution >= 4 is 0 Å². The van der Waals surface area contributed by atoms with Gasteiger partial charge in [0, 0.05) is 6.04 Å². The van der Waals surface area contributed by atoms with Crippen LogP contribution in [0.2, 0.25) is 0 Å². The summed E-state index contributed by atoms with van der Waals surface area (Å²) in [6, 6.07) is 0.500. The van der Waals surface area contributed by atoms with Gasteiger partial charge in [-0.3, -0.25) is 0 Å². The van der Waals surface area contributed by atoms with Gasteiger partial charge in [0.05, 0.1) is 0 Å². The third-order valence-electron chi connectivity index (χ3n) is 4.89. The van der Waals surface area contributed by atoms with Crippen LogP contribution in [0.1, 0.15) is 73.0 Å². The van der Waals surface area contributed by atoms with E-state index < -0.39 is 0 Å². The lowest BCUT2D eigenvalue weighted by atomic mass is 9.84. The third-order valence-corrected chi connectivity index (χ3v) is 4.89. The van der Waals surface area contributed by atoms with Crippen LogP contribution in [-0.4, -0.2) is 6.54 Å². The zero-order valence-electron chi connectivity index (χ0n) is 14.8. The maximum absolute atomic E-state index is 3.71. The molecule has 0 radical (unpaired) electrons. The minimum Gasteiger partial charge on any atom is -0.310 e. The fourth-order valence-corrected chi connectivity index (χ4v) is 3.15. The third kappa shape index (κ3) is 3.63. The van der Waals surface area contributed by atoms with Crippen LogP contribution in [0.25, 0.3) is 0 Å². The highest BCUT2D eigenvalue weighted by molar-refractivity contribution is 5.50. The standard InChI is InChI=1S/C19H33N/c1-9-20-18(11-10-12(2)3)19-16(7)14(5)13(4)15(6)17(19)8/h12,18,20H,9-11H2,1-8H3. The Morgan fingerprint density at radius 1 is 0.750 bits per heavy atom. The van der Waals surface area contributed by atoms with Gasteiger partial charge in [-0.25, -0.2) is 0 Å². The number of rotatable bonds is 6. The molecule has 0 saturated carbocycles. The highest BCUT2D eigenvalue weighted by atomic mass is 14.9. The van der Waals surface area contributed by atoms with E-state index in [0.717, 1.165) is 12.5 Å². The van der Waals surface area contributed by atoms with Crippen molar-refractivity contribution in [3.8, 4) is 0 Å². The maximum Gasteiger partial charge on any atom is 0.0325 e. The first-order chi connectivity index (χ1) is 9.31. The predicted octanol–water partition coefficient (Wildman–Crippen LogP) is 5.32. The van der Waals surface area contributed by atoms with Crippen LogP contribution in [0.5, 0.6) is 0 Å². The minimum atomic E-state index is 0.500. The molecular weight excluding hydrogens is 242 g/mol. The van der Waals surface area contributed by atoms with Gasteiger partial charge in [0.25, 0.3) is 0 Å². The van der Waals surface area contributed by atoms with Crippen molar-refractivity contribution in [3.05, 3.63) is 33.4 Å². The molecule has 1 atom stereocenters. The molecule has 0 spiro atoms. The van der Waals surface area contributed by atoms with Gasteiger partial charge >= 0.3 is 0 Å². The topological polar surface area (TPSA) is 12.0 Å². The van der Waals surface area contributed by atoms with E-state index in [1.807, 2.05) is 0 Å². The monoisotopic (exact) mass is 275 g/mol. The molecule has 0 heterocycles. The van der Waals surface area contributed by atoms with Crippen molar-refractivity contribution in [2.24, 2.45) is 5.92 Å². The van der Waals surface area contributed by atoms with Crippen LogP contribution in [-0.2, 0) is 0 Å². The second kappa shape index (κ2) is 7.26. The number of hydrogen-bond donors (Lipinski definition) is 1. The molecule has 1 aromatic carbocycles. The van der Waals surface area contributed by atoms with Crippen molar-refractivity contribution in [2.45, 2.75) is 74.3 Å². The first kappa shape index (κ1) is 17.2. The zero-order chi connectivity index (χ0) is 15.4. The van der Waals surface area contributed by atoms with Crippen LogP contribution < -0.4 is 5.32 Å². The molecule has 0 aliphatic carbocycles. The van der Waals surface area contributed by atoms with Crippen molar-refractivity contribution in [1.82, 2.24) is 5.32 Å². The lowest BCUT2D eigenvalue weighted by molar-refractivity contribution is 0.445. The quantitative estimate of drug-likeness (QED) is 0.741. The molecule has 0 amide bonds. The molecule has 1 heteroatoms. The Hall–Kier alpha value is -0.820. The largest absolute Gasteiger partial charge is 0.310 e. The normalized spacial score (nSPS) is 13.1. The smallest absolute Gasteiger partial charge is 0.0325 e. The average molecular weight is 275 g/mol. The van der Waals surface area contributed by atoms with Crippen LogP contribution in [0, 0.1) is 40.5 Å². The van der Waals surface area contributed by atoms with Crippen molar-refractivity contribution in [1.29, 1.82) is 0 Å². The maximum atomic E-state index is 3.71. The van der Waals surface area contributed by atoms with E-state index in [1.165, 1.54) is 40.7 Å². The van der Waals surface area contributed by atoms with Gasteiger partial charge in [0.2, 0.25) is 0 Å². The number of nitrogens with one attached hydrogen (secondary N) is 1. The Morgan fingerprint density at radius 2 is 1.20 bits per heavy atom. The summed E-state index contributed by atoms with van der Waals surface area (Å²) < 4.78 is 0. The molecule has 1 rings (SSSR count). The Morgan fingerprint density at radius 3 is 1.60 bits per heavy atom. The van der Waals surface area contributed by atoms with Crippen LogP contribution in [0.15, 0.2) is 0 Å². The predicted molar refractivity (Wildman–Crippen MR) is 90.6 cm³/mol. The molecule has 1 aromatic rings. The SMILES string of the molecule is CCNC(CCC(C)C)c1c(C)c(C)c(C)c(C)c1C. The van der Waals surface area contributed by atoms with E-state index in [2.05, 4.69) is 60.7 Å². The summed E-state index contributed by atoms with van der Waals surface area (Å²) in [5.41, 5.74) is 8.92. The fourth-order valence-electron chi connectivity index (χ4n) is 3.15. The molecule has 20 heavy (non-hydrogen) atoms. The first-order valence-corrected chi connectivity index (χ1v) is 8.11. The highest BCUT2D eigenvalue weighted by Crippen LogP contribution is 2.33. The number of hydrogen-bond acceptors (Lipinski definition) is 1. The molecule has 1 N–H and O–H groups in total. The van der Waals surface area contributed by atoms with Gasteiger partial charge in [-0.05, 0) is 93.3 Å². The van der Waals surface area contributed by atoms with Crippen LogP contribution in [0.4, 0.5) is 0 Å². The fraction of sp³-hybridized carbons (Fsp3) is 0.684. The molecule has 1 unspecified atom stereocenters. The summed E-state index contributed by atoms with van der Waals surface area (Å²) in [6.45, 7) is 19.3. The van der Waals surface area contributed by atoms with E-state index >= 15 is 0 Å². The Bertz CT molecular complexity index is 428. The molecule has 0 fully saturated rings. The minimum absolute atomic E-state index is 0.500. The second-order valence-electron chi connectivity index (χ2n) is 6.62. The molecule has 0 saturated heterocycles. The number of benzene rings is 1. The summed E-state index contributed by atoms with van der Waals surface area (Å²) >= 11 is 0. The van der Waals surface area contributed by atoms with Gasteiger partial charge in [-0.2, -0.15) is 0 Å². The lowest BCUT2D eigenvalue weighted by Crippen LogP contribution is -2.24. The summed E-state index contributed by atoms with van der Waals surface area (Å²) in [4.78, 5) is 0. The first-order valence-electron chi connectivity index (χ1n) is 8.11.